The van der Waals surface area contributed by atoms with E-state index in [1.54, 1.807) is 11.9 Å². The van der Waals surface area contributed by atoms with Gasteiger partial charge in [-0.1, -0.05) is 43.6 Å². The summed E-state index contributed by atoms with van der Waals surface area (Å²) in [6.07, 6.45) is 0.818. The molecule has 21 heavy (non-hydrogen) atoms. The maximum absolute atomic E-state index is 11.9. The summed E-state index contributed by atoms with van der Waals surface area (Å²) >= 11 is 6.09. The highest BCUT2D eigenvalue weighted by Gasteiger charge is 2.09. The molecule has 5 heteroatoms. The zero-order valence-corrected chi connectivity index (χ0v) is 13.8. The normalized spacial score (nSPS) is 10.7. The maximum Gasteiger partial charge on any atom is 0.317 e. The number of carbonyl (C=O) groups excluding carboxylic acids is 1. The highest BCUT2D eigenvalue weighted by molar-refractivity contribution is 6.31. The van der Waals surface area contributed by atoms with E-state index in [1.807, 2.05) is 24.3 Å². The summed E-state index contributed by atoms with van der Waals surface area (Å²) in [5, 5.41) is 3.55. The molecule has 0 fully saturated rings. The third-order valence-electron chi connectivity index (χ3n) is 2.90. The van der Waals surface area contributed by atoms with Gasteiger partial charge in [-0.25, -0.2) is 4.79 Å². The Morgan fingerprint density at radius 2 is 2.10 bits per heavy atom. The van der Waals surface area contributed by atoms with Gasteiger partial charge in [0, 0.05) is 38.4 Å². The molecule has 0 saturated heterocycles. The Morgan fingerprint density at radius 1 is 1.38 bits per heavy atom. The van der Waals surface area contributed by atoms with E-state index < -0.39 is 0 Å². The molecule has 0 aliphatic heterocycles. The van der Waals surface area contributed by atoms with Crippen molar-refractivity contribution in [3.05, 3.63) is 34.9 Å². The summed E-state index contributed by atoms with van der Waals surface area (Å²) < 4.78 is 5.47. The first-order valence-corrected chi connectivity index (χ1v) is 7.68. The van der Waals surface area contributed by atoms with Crippen LogP contribution in [0.5, 0.6) is 0 Å². The van der Waals surface area contributed by atoms with Gasteiger partial charge >= 0.3 is 6.03 Å². The van der Waals surface area contributed by atoms with Gasteiger partial charge < -0.3 is 15.0 Å². The molecule has 0 radical (unpaired) electrons. The predicted molar refractivity (Wildman–Crippen MR) is 86.6 cm³/mol. The summed E-state index contributed by atoms with van der Waals surface area (Å²) in [5.41, 5.74) is 0.942. The Hall–Kier alpha value is -1.26. The number of ether oxygens (including phenoxy) is 1. The van der Waals surface area contributed by atoms with Gasteiger partial charge in [-0.2, -0.15) is 0 Å². The van der Waals surface area contributed by atoms with E-state index in [0.29, 0.717) is 30.6 Å². The van der Waals surface area contributed by atoms with Crippen LogP contribution in [-0.4, -0.2) is 37.7 Å². The Morgan fingerprint density at radius 3 is 2.76 bits per heavy atom. The smallest absolute Gasteiger partial charge is 0.317 e. The van der Waals surface area contributed by atoms with E-state index in [-0.39, 0.29) is 6.03 Å². The molecule has 4 nitrogen and oxygen atoms in total. The molecule has 1 aromatic rings. The van der Waals surface area contributed by atoms with Gasteiger partial charge in [0.1, 0.15) is 0 Å². The third-order valence-corrected chi connectivity index (χ3v) is 3.27. The molecule has 2 amide bonds. The quantitative estimate of drug-likeness (QED) is 0.746. The second-order valence-electron chi connectivity index (χ2n) is 5.50. The van der Waals surface area contributed by atoms with E-state index in [1.165, 1.54) is 0 Å². The van der Waals surface area contributed by atoms with Gasteiger partial charge in [0.15, 0.2) is 0 Å². The summed E-state index contributed by atoms with van der Waals surface area (Å²) in [6.45, 7) is 6.78. The largest absolute Gasteiger partial charge is 0.381 e. The number of amides is 2. The first-order valence-electron chi connectivity index (χ1n) is 7.30. The van der Waals surface area contributed by atoms with Crippen molar-refractivity contribution in [3.8, 4) is 0 Å². The first kappa shape index (κ1) is 17.8. The fourth-order valence-corrected chi connectivity index (χ4v) is 1.97. The van der Waals surface area contributed by atoms with Crippen LogP contribution >= 0.6 is 11.6 Å². The lowest BCUT2D eigenvalue weighted by Gasteiger charge is -2.18. The Balaban J connectivity index is 2.21. The molecule has 0 bridgehead atoms. The van der Waals surface area contributed by atoms with Crippen LogP contribution in [0.3, 0.4) is 0 Å². The zero-order valence-electron chi connectivity index (χ0n) is 13.1. The minimum absolute atomic E-state index is 0.0984. The average molecular weight is 313 g/mol. The van der Waals surface area contributed by atoms with E-state index in [2.05, 4.69) is 19.2 Å². The SMILES string of the molecule is CC(C)COCCCNC(=O)N(C)Cc1ccccc1Cl. The number of nitrogens with one attached hydrogen (secondary N) is 1. The number of hydrogen-bond acceptors (Lipinski definition) is 2. The lowest BCUT2D eigenvalue weighted by molar-refractivity contribution is 0.108. The molecule has 118 valence electrons. The molecule has 0 atom stereocenters. The molecule has 0 spiro atoms. The van der Waals surface area contributed by atoms with E-state index in [0.717, 1.165) is 18.6 Å². The van der Waals surface area contributed by atoms with E-state index >= 15 is 0 Å². The van der Waals surface area contributed by atoms with Gasteiger partial charge in [-0.3, -0.25) is 0 Å². The van der Waals surface area contributed by atoms with Crippen LogP contribution in [0.1, 0.15) is 25.8 Å². The average Bonchev–Trinajstić information content (AvgIpc) is 2.44. The van der Waals surface area contributed by atoms with Gasteiger partial charge in [0.2, 0.25) is 0 Å². The van der Waals surface area contributed by atoms with Crippen molar-refractivity contribution in [2.45, 2.75) is 26.8 Å². The lowest BCUT2D eigenvalue weighted by Crippen LogP contribution is -2.37. The van der Waals surface area contributed by atoms with E-state index in [9.17, 15) is 4.79 Å². The predicted octanol–water partition coefficient (Wildman–Crippen LogP) is 3.54. The summed E-state index contributed by atoms with van der Waals surface area (Å²) in [7, 11) is 1.76. The van der Waals surface area contributed by atoms with Gasteiger partial charge in [0.05, 0.1) is 0 Å². The van der Waals surface area contributed by atoms with Crippen molar-refractivity contribution in [1.29, 1.82) is 0 Å². The van der Waals surface area contributed by atoms with Crippen LogP contribution in [-0.2, 0) is 11.3 Å². The summed E-state index contributed by atoms with van der Waals surface area (Å²) in [4.78, 5) is 13.6. The van der Waals surface area contributed by atoms with Crippen molar-refractivity contribution in [2.75, 3.05) is 26.8 Å². The van der Waals surface area contributed by atoms with Gasteiger partial charge in [0.25, 0.3) is 0 Å². The molecule has 0 aliphatic rings. The van der Waals surface area contributed by atoms with Gasteiger partial charge in [-0.15, -0.1) is 0 Å². The fourth-order valence-electron chi connectivity index (χ4n) is 1.78. The molecule has 0 heterocycles. The number of nitrogens with zero attached hydrogens (tertiary/aromatic N) is 1. The third kappa shape index (κ3) is 7.34. The second kappa shape index (κ2) is 9.64. The maximum atomic E-state index is 11.9. The fraction of sp³-hybridized carbons (Fsp3) is 0.562. The van der Waals surface area contributed by atoms with Crippen LogP contribution in [0.25, 0.3) is 0 Å². The Labute approximate surface area is 132 Å². The number of urea groups is 1. The molecule has 0 aliphatic carbocycles. The minimum Gasteiger partial charge on any atom is -0.381 e. The number of hydrogen-bond donors (Lipinski definition) is 1. The lowest BCUT2D eigenvalue weighted by atomic mass is 10.2. The molecular formula is C16H25ClN2O2. The topological polar surface area (TPSA) is 41.6 Å². The number of carbonyl (C=O) groups is 1. The van der Waals surface area contributed by atoms with Crippen molar-refractivity contribution >= 4 is 17.6 Å². The summed E-state index contributed by atoms with van der Waals surface area (Å²) in [5.74, 6) is 0.543. The van der Waals surface area contributed by atoms with Crippen molar-refractivity contribution in [3.63, 3.8) is 0 Å². The standard InChI is InChI=1S/C16H25ClN2O2/c1-13(2)12-21-10-6-9-18-16(20)19(3)11-14-7-4-5-8-15(14)17/h4-5,7-8,13H,6,9-12H2,1-3H3,(H,18,20). The molecule has 1 rings (SSSR count). The van der Waals surface area contributed by atoms with Crippen molar-refractivity contribution in [1.82, 2.24) is 10.2 Å². The number of benzene rings is 1. The second-order valence-corrected chi connectivity index (χ2v) is 5.91. The Kier molecular flexibility index (Phi) is 8.16. The number of rotatable bonds is 8. The van der Waals surface area contributed by atoms with Crippen LogP contribution < -0.4 is 5.32 Å². The van der Waals surface area contributed by atoms with Crippen LogP contribution in [0.4, 0.5) is 4.79 Å². The Bertz CT molecular complexity index is 438. The van der Waals surface area contributed by atoms with E-state index in [4.69, 9.17) is 16.3 Å². The molecule has 1 aromatic carbocycles. The highest BCUT2D eigenvalue weighted by Crippen LogP contribution is 2.16. The monoisotopic (exact) mass is 312 g/mol. The number of halogens is 1. The van der Waals surface area contributed by atoms with Crippen molar-refractivity contribution < 1.29 is 9.53 Å². The summed E-state index contributed by atoms with van der Waals surface area (Å²) in [6, 6.07) is 7.45. The molecular weight excluding hydrogens is 288 g/mol. The molecule has 0 unspecified atom stereocenters. The highest BCUT2D eigenvalue weighted by atomic mass is 35.5. The molecule has 0 aromatic heterocycles. The van der Waals surface area contributed by atoms with Crippen molar-refractivity contribution in [2.24, 2.45) is 5.92 Å². The van der Waals surface area contributed by atoms with Gasteiger partial charge in [-0.05, 0) is 24.0 Å². The van der Waals surface area contributed by atoms with Crippen LogP contribution in [0.15, 0.2) is 24.3 Å². The van der Waals surface area contributed by atoms with Crippen LogP contribution in [0, 0.1) is 5.92 Å². The zero-order chi connectivity index (χ0) is 15.7. The molecule has 0 saturated carbocycles. The minimum atomic E-state index is -0.0984. The van der Waals surface area contributed by atoms with Crippen LogP contribution in [0.2, 0.25) is 5.02 Å². The molecule has 1 N–H and O–H groups in total. The first-order chi connectivity index (χ1) is 10.0.